The number of hydrogen-bond donors (Lipinski definition) is 1. The minimum atomic E-state index is -0.634. The first-order valence-electron chi connectivity index (χ1n) is 11.2. The number of nitrogens with zero attached hydrogens (tertiary/aromatic N) is 2. The highest BCUT2D eigenvalue weighted by atomic mass is 16.5. The molecule has 0 aromatic heterocycles. The molecule has 32 heavy (non-hydrogen) atoms. The first kappa shape index (κ1) is 21.9. The van der Waals surface area contributed by atoms with Crippen molar-refractivity contribution in [2.24, 2.45) is 0 Å². The zero-order valence-corrected chi connectivity index (χ0v) is 19.1. The molecule has 2 unspecified atom stereocenters. The van der Waals surface area contributed by atoms with E-state index in [0.29, 0.717) is 12.1 Å². The zero-order chi connectivity index (χ0) is 23.0. The molecule has 4 rings (SSSR count). The predicted octanol–water partition coefficient (Wildman–Crippen LogP) is 4.30. The Hall–Kier alpha value is -3.28. The summed E-state index contributed by atoms with van der Waals surface area (Å²) in [4.78, 5) is 29.6. The predicted molar refractivity (Wildman–Crippen MR) is 125 cm³/mol. The van der Waals surface area contributed by atoms with Gasteiger partial charge >= 0.3 is 0 Å². The molecule has 1 fully saturated rings. The average molecular weight is 435 g/mol. The topological polar surface area (TPSA) is 70.1 Å². The van der Waals surface area contributed by atoms with E-state index in [0.717, 1.165) is 41.8 Å². The highest BCUT2D eigenvalue weighted by Crippen LogP contribution is 2.41. The highest BCUT2D eigenvalue weighted by molar-refractivity contribution is 6.46. The van der Waals surface area contributed by atoms with Crippen LogP contribution in [0.4, 0.5) is 5.69 Å². The Kier molecular flexibility index (Phi) is 5.96. The number of unbranched alkanes of at least 4 members (excludes halogenated alkanes) is 1. The van der Waals surface area contributed by atoms with Crippen LogP contribution in [0.3, 0.4) is 0 Å². The lowest BCUT2D eigenvalue weighted by Gasteiger charge is -2.25. The number of ketones is 1. The smallest absolute Gasteiger partial charge is 0.295 e. The number of Topliss-reactive ketones (excluding diaryl/α,β-unsaturated/α-hetero) is 1. The number of aliphatic hydroxyl groups is 1. The number of fused-ring (bicyclic) bond motifs is 1. The van der Waals surface area contributed by atoms with Gasteiger partial charge in [-0.3, -0.25) is 9.59 Å². The molecule has 2 heterocycles. The quantitative estimate of drug-likeness (QED) is 0.417. The van der Waals surface area contributed by atoms with Gasteiger partial charge in [0.05, 0.1) is 11.6 Å². The first-order valence-corrected chi connectivity index (χ1v) is 11.2. The van der Waals surface area contributed by atoms with E-state index in [-0.39, 0.29) is 17.4 Å². The second-order valence-corrected chi connectivity index (χ2v) is 8.79. The summed E-state index contributed by atoms with van der Waals surface area (Å²) in [5.41, 5.74) is 3.51. The molecule has 6 heteroatoms. The Morgan fingerprint density at radius 1 is 1.16 bits per heavy atom. The van der Waals surface area contributed by atoms with Crippen LogP contribution >= 0.6 is 0 Å². The molecule has 2 atom stereocenters. The van der Waals surface area contributed by atoms with E-state index in [1.807, 2.05) is 69.2 Å². The van der Waals surface area contributed by atoms with Gasteiger partial charge in [0, 0.05) is 38.3 Å². The Morgan fingerprint density at radius 2 is 1.88 bits per heavy atom. The summed E-state index contributed by atoms with van der Waals surface area (Å²) in [6.45, 7) is 4.51. The summed E-state index contributed by atoms with van der Waals surface area (Å²) in [6.07, 6.45) is 2.51. The maximum absolute atomic E-state index is 13.1. The van der Waals surface area contributed by atoms with Gasteiger partial charge in [-0.05, 0) is 54.8 Å². The van der Waals surface area contributed by atoms with E-state index in [1.165, 1.54) is 0 Å². The second-order valence-electron chi connectivity index (χ2n) is 8.79. The molecule has 168 valence electrons. The van der Waals surface area contributed by atoms with Gasteiger partial charge in [0.15, 0.2) is 0 Å². The summed E-state index contributed by atoms with van der Waals surface area (Å²) < 4.78 is 5.76. The van der Waals surface area contributed by atoms with Gasteiger partial charge < -0.3 is 19.6 Å². The number of hydrogen-bond acceptors (Lipinski definition) is 5. The Balaban J connectivity index is 1.81. The molecule has 6 nitrogen and oxygen atoms in total. The van der Waals surface area contributed by atoms with Gasteiger partial charge in [0.1, 0.15) is 17.6 Å². The fourth-order valence-electron chi connectivity index (χ4n) is 4.47. The van der Waals surface area contributed by atoms with Crippen LogP contribution in [0.15, 0.2) is 48.0 Å². The lowest BCUT2D eigenvalue weighted by atomic mass is 9.94. The lowest BCUT2D eigenvalue weighted by molar-refractivity contribution is -0.139. The van der Waals surface area contributed by atoms with Crippen molar-refractivity contribution in [2.75, 3.05) is 25.5 Å². The number of likely N-dealkylation sites (tertiary alicyclic amines) is 1. The molecule has 1 saturated heterocycles. The third-order valence-corrected chi connectivity index (χ3v) is 6.19. The minimum absolute atomic E-state index is 0.0808. The van der Waals surface area contributed by atoms with Gasteiger partial charge in [0.25, 0.3) is 11.7 Å². The fraction of sp³-hybridized carbons (Fsp3) is 0.385. The van der Waals surface area contributed by atoms with E-state index in [4.69, 9.17) is 4.74 Å². The van der Waals surface area contributed by atoms with Gasteiger partial charge in [-0.1, -0.05) is 25.5 Å². The molecule has 0 spiro atoms. The SMILES string of the molecule is CCCCN1C(=O)C(=O)/C(=C(\O)c2ccc3c(c2)CC(C)O3)C1c1ccc(N(C)C)cc1. The minimum Gasteiger partial charge on any atom is -0.507 e. The zero-order valence-electron chi connectivity index (χ0n) is 19.1. The Bertz CT molecular complexity index is 1070. The molecule has 2 aliphatic rings. The highest BCUT2D eigenvalue weighted by Gasteiger charge is 2.45. The van der Waals surface area contributed by atoms with Crippen LogP contribution in [0.5, 0.6) is 5.75 Å². The molecule has 0 radical (unpaired) electrons. The van der Waals surface area contributed by atoms with Gasteiger partial charge in [-0.15, -0.1) is 0 Å². The van der Waals surface area contributed by atoms with Crippen LogP contribution in [0.1, 0.15) is 49.4 Å². The van der Waals surface area contributed by atoms with E-state index in [9.17, 15) is 14.7 Å². The molecular weight excluding hydrogens is 404 g/mol. The number of carbonyl (C=O) groups is 2. The molecule has 2 aliphatic heterocycles. The molecule has 2 aromatic rings. The maximum atomic E-state index is 13.1. The van der Waals surface area contributed by atoms with Crippen molar-refractivity contribution in [3.05, 3.63) is 64.7 Å². The van der Waals surface area contributed by atoms with Crippen molar-refractivity contribution >= 4 is 23.1 Å². The van der Waals surface area contributed by atoms with Crippen LogP contribution in [0.2, 0.25) is 0 Å². The van der Waals surface area contributed by atoms with E-state index >= 15 is 0 Å². The summed E-state index contributed by atoms with van der Waals surface area (Å²) >= 11 is 0. The monoisotopic (exact) mass is 434 g/mol. The summed E-state index contributed by atoms with van der Waals surface area (Å²) in [6, 6.07) is 12.6. The molecule has 1 N–H and O–H groups in total. The second kappa shape index (κ2) is 8.69. The molecule has 1 amide bonds. The van der Waals surface area contributed by atoms with Gasteiger partial charge in [-0.2, -0.15) is 0 Å². The van der Waals surface area contributed by atoms with Crippen molar-refractivity contribution in [3.8, 4) is 5.75 Å². The van der Waals surface area contributed by atoms with Crippen LogP contribution < -0.4 is 9.64 Å². The fourth-order valence-corrected chi connectivity index (χ4v) is 4.47. The number of anilines is 1. The summed E-state index contributed by atoms with van der Waals surface area (Å²) in [5, 5.41) is 11.3. The average Bonchev–Trinajstić information content (AvgIpc) is 3.27. The van der Waals surface area contributed by atoms with E-state index in [1.54, 1.807) is 11.0 Å². The third-order valence-electron chi connectivity index (χ3n) is 6.19. The third kappa shape index (κ3) is 3.85. The first-order chi connectivity index (χ1) is 15.3. The summed E-state index contributed by atoms with van der Waals surface area (Å²) in [7, 11) is 3.92. The van der Waals surface area contributed by atoms with Crippen molar-refractivity contribution in [1.29, 1.82) is 0 Å². The Labute approximate surface area is 189 Å². The standard InChI is InChI=1S/C26H30N2O4/c1-5-6-13-28-23(17-7-10-20(11-8-17)27(3)4)22(25(30)26(28)31)24(29)18-9-12-21-19(15-18)14-16(2)32-21/h7-12,15-16,23,29H,5-6,13-14H2,1-4H3/b24-22-. The van der Waals surface area contributed by atoms with Crippen LogP contribution in [-0.4, -0.2) is 48.4 Å². The number of amides is 1. The van der Waals surface area contributed by atoms with Crippen molar-refractivity contribution < 1.29 is 19.4 Å². The number of ether oxygens (including phenoxy) is 1. The van der Waals surface area contributed by atoms with Crippen LogP contribution in [0.25, 0.3) is 5.76 Å². The molecule has 0 saturated carbocycles. The molecular formula is C26H30N2O4. The van der Waals surface area contributed by atoms with Crippen molar-refractivity contribution in [3.63, 3.8) is 0 Å². The normalized spacial score (nSPS) is 21.6. The van der Waals surface area contributed by atoms with Crippen LogP contribution in [0, 0.1) is 0 Å². The van der Waals surface area contributed by atoms with Gasteiger partial charge in [0.2, 0.25) is 0 Å². The van der Waals surface area contributed by atoms with Crippen molar-refractivity contribution in [2.45, 2.75) is 45.3 Å². The maximum Gasteiger partial charge on any atom is 0.295 e. The number of rotatable bonds is 6. The van der Waals surface area contributed by atoms with E-state index in [2.05, 4.69) is 0 Å². The largest absolute Gasteiger partial charge is 0.507 e. The van der Waals surface area contributed by atoms with E-state index < -0.39 is 17.7 Å². The van der Waals surface area contributed by atoms with Crippen LogP contribution in [-0.2, 0) is 16.0 Å². The number of aliphatic hydroxyl groups excluding tert-OH is 1. The molecule has 0 bridgehead atoms. The Morgan fingerprint density at radius 3 is 2.53 bits per heavy atom. The lowest BCUT2D eigenvalue weighted by Crippen LogP contribution is -2.30. The van der Waals surface area contributed by atoms with Crippen molar-refractivity contribution in [1.82, 2.24) is 4.90 Å². The number of benzene rings is 2. The van der Waals surface area contributed by atoms with Gasteiger partial charge in [-0.25, -0.2) is 0 Å². The number of carbonyl (C=O) groups excluding carboxylic acids is 2. The molecule has 2 aromatic carbocycles. The summed E-state index contributed by atoms with van der Waals surface area (Å²) in [5.74, 6) is -0.523. The molecule has 0 aliphatic carbocycles.